The molecule has 2 aromatic rings. The highest BCUT2D eigenvalue weighted by Gasteiger charge is 2.08. The van der Waals surface area contributed by atoms with Gasteiger partial charge in [-0.3, -0.25) is 0 Å². The minimum absolute atomic E-state index is 0.374. The van der Waals surface area contributed by atoms with Crippen molar-refractivity contribution in [2.75, 3.05) is 7.11 Å². The standard InChI is InChI=1S/C16H22N2O3/c1-11(2)17-9-13-5-6-15(19-4)8-16(13)20-10-14-7-12(3)21-18-14/h5-8,11,17H,9-10H2,1-4H3. The number of nitrogens with one attached hydrogen (secondary N) is 1. The van der Waals surface area contributed by atoms with Crippen LogP contribution in [-0.2, 0) is 13.2 Å². The fourth-order valence-electron chi connectivity index (χ4n) is 1.89. The molecule has 0 fully saturated rings. The Morgan fingerprint density at radius 1 is 1.29 bits per heavy atom. The number of rotatable bonds is 7. The first-order valence-corrected chi connectivity index (χ1v) is 7.03. The Balaban J connectivity index is 2.10. The number of hydrogen-bond donors (Lipinski definition) is 1. The van der Waals surface area contributed by atoms with E-state index in [1.165, 1.54) is 0 Å². The van der Waals surface area contributed by atoms with Crippen LogP contribution in [0.2, 0.25) is 0 Å². The van der Waals surface area contributed by atoms with E-state index in [9.17, 15) is 0 Å². The van der Waals surface area contributed by atoms with Crippen LogP contribution < -0.4 is 14.8 Å². The van der Waals surface area contributed by atoms with E-state index in [4.69, 9.17) is 14.0 Å². The van der Waals surface area contributed by atoms with E-state index in [1.807, 2.05) is 31.2 Å². The first-order chi connectivity index (χ1) is 10.1. The van der Waals surface area contributed by atoms with Crippen LogP contribution in [0.1, 0.15) is 30.9 Å². The lowest BCUT2D eigenvalue weighted by Crippen LogP contribution is -2.22. The van der Waals surface area contributed by atoms with Crippen LogP contribution in [0.15, 0.2) is 28.8 Å². The lowest BCUT2D eigenvalue weighted by atomic mass is 10.2. The Bertz CT molecular complexity index is 579. The lowest BCUT2D eigenvalue weighted by Gasteiger charge is -2.14. The summed E-state index contributed by atoms with van der Waals surface area (Å²) < 4.78 is 16.2. The zero-order valence-corrected chi connectivity index (χ0v) is 13.0. The third-order valence-electron chi connectivity index (χ3n) is 3.03. The molecular formula is C16H22N2O3. The third kappa shape index (κ3) is 4.49. The molecule has 1 aromatic heterocycles. The summed E-state index contributed by atoms with van der Waals surface area (Å²) in [6.45, 7) is 7.21. The summed E-state index contributed by atoms with van der Waals surface area (Å²) in [5.74, 6) is 2.35. The maximum Gasteiger partial charge on any atom is 0.134 e. The second-order valence-electron chi connectivity index (χ2n) is 5.23. The van der Waals surface area contributed by atoms with Crippen molar-refractivity contribution < 1.29 is 14.0 Å². The molecular weight excluding hydrogens is 268 g/mol. The number of hydrogen-bond acceptors (Lipinski definition) is 5. The average Bonchev–Trinajstić information content (AvgIpc) is 2.88. The molecule has 0 aliphatic heterocycles. The normalized spacial score (nSPS) is 10.9. The number of aryl methyl sites for hydroxylation is 1. The van der Waals surface area contributed by atoms with Crippen molar-refractivity contribution >= 4 is 0 Å². The van der Waals surface area contributed by atoms with Crippen molar-refractivity contribution in [3.63, 3.8) is 0 Å². The van der Waals surface area contributed by atoms with Crippen LogP contribution in [-0.4, -0.2) is 18.3 Å². The highest BCUT2D eigenvalue weighted by molar-refractivity contribution is 5.40. The van der Waals surface area contributed by atoms with E-state index in [0.29, 0.717) is 12.6 Å². The van der Waals surface area contributed by atoms with Crippen molar-refractivity contribution in [3.8, 4) is 11.5 Å². The molecule has 0 radical (unpaired) electrons. The van der Waals surface area contributed by atoms with Gasteiger partial charge in [0.05, 0.1) is 7.11 Å². The van der Waals surface area contributed by atoms with E-state index in [-0.39, 0.29) is 0 Å². The highest BCUT2D eigenvalue weighted by Crippen LogP contribution is 2.25. The maximum absolute atomic E-state index is 5.87. The minimum atomic E-state index is 0.374. The molecule has 0 unspecified atom stereocenters. The fourth-order valence-corrected chi connectivity index (χ4v) is 1.89. The SMILES string of the molecule is COc1ccc(CNC(C)C)c(OCc2cc(C)on2)c1. The first-order valence-electron chi connectivity index (χ1n) is 7.03. The molecule has 2 rings (SSSR count). The van der Waals surface area contributed by atoms with Crippen molar-refractivity contribution in [2.24, 2.45) is 0 Å². The van der Waals surface area contributed by atoms with Gasteiger partial charge in [-0.1, -0.05) is 25.1 Å². The molecule has 5 heteroatoms. The quantitative estimate of drug-likeness (QED) is 0.849. The van der Waals surface area contributed by atoms with Crippen LogP contribution in [0.25, 0.3) is 0 Å². The van der Waals surface area contributed by atoms with Gasteiger partial charge >= 0.3 is 0 Å². The Morgan fingerprint density at radius 2 is 2.10 bits per heavy atom. The lowest BCUT2D eigenvalue weighted by molar-refractivity contribution is 0.282. The molecule has 0 atom stereocenters. The van der Waals surface area contributed by atoms with Crippen LogP contribution in [0, 0.1) is 6.92 Å². The Labute approximate surface area is 125 Å². The van der Waals surface area contributed by atoms with Gasteiger partial charge in [0.2, 0.25) is 0 Å². The molecule has 0 saturated heterocycles. The van der Waals surface area contributed by atoms with Crippen molar-refractivity contribution in [2.45, 2.75) is 40.0 Å². The summed E-state index contributed by atoms with van der Waals surface area (Å²) >= 11 is 0. The van der Waals surface area contributed by atoms with Gasteiger partial charge in [-0.05, 0) is 13.0 Å². The topological polar surface area (TPSA) is 56.5 Å². The number of ether oxygens (including phenoxy) is 2. The zero-order chi connectivity index (χ0) is 15.2. The predicted molar refractivity (Wildman–Crippen MR) is 80.5 cm³/mol. The molecule has 0 spiro atoms. The number of benzene rings is 1. The molecule has 5 nitrogen and oxygen atoms in total. The summed E-state index contributed by atoms with van der Waals surface area (Å²) in [5.41, 5.74) is 1.86. The molecule has 1 N–H and O–H groups in total. The minimum Gasteiger partial charge on any atom is -0.497 e. The number of nitrogens with zero attached hydrogens (tertiary/aromatic N) is 1. The van der Waals surface area contributed by atoms with E-state index in [1.54, 1.807) is 7.11 Å². The number of aromatic nitrogens is 1. The molecule has 114 valence electrons. The smallest absolute Gasteiger partial charge is 0.134 e. The van der Waals surface area contributed by atoms with E-state index in [0.717, 1.165) is 35.1 Å². The summed E-state index contributed by atoms with van der Waals surface area (Å²) in [6, 6.07) is 8.12. The van der Waals surface area contributed by atoms with Crippen LogP contribution in [0.3, 0.4) is 0 Å². The zero-order valence-electron chi connectivity index (χ0n) is 13.0. The van der Waals surface area contributed by atoms with Crippen molar-refractivity contribution in [1.82, 2.24) is 10.5 Å². The van der Waals surface area contributed by atoms with Gasteiger partial charge < -0.3 is 19.3 Å². The van der Waals surface area contributed by atoms with E-state index in [2.05, 4.69) is 24.3 Å². The van der Waals surface area contributed by atoms with E-state index < -0.39 is 0 Å². The van der Waals surface area contributed by atoms with Crippen molar-refractivity contribution in [3.05, 3.63) is 41.3 Å². The summed E-state index contributed by atoms with van der Waals surface area (Å²) in [4.78, 5) is 0. The molecule has 0 saturated carbocycles. The molecule has 0 aliphatic carbocycles. The van der Waals surface area contributed by atoms with Crippen LogP contribution in [0.5, 0.6) is 11.5 Å². The predicted octanol–water partition coefficient (Wildman–Crippen LogP) is 3.07. The van der Waals surface area contributed by atoms with Gasteiger partial charge in [0.15, 0.2) is 0 Å². The maximum atomic E-state index is 5.87. The second kappa shape index (κ2) is 7.13. The summed E-state index contributed by atoms with van der Waals surface area (Å²) in [5, 5.41) is 7.32. The van der Waals surface area contributed by atoms with E-state index >= 15 is 0 Å². The monoisotopic (exact) mass is 290 g/mol. The molecule has 1 heterocycles. The van der Waals surface area contributed by atoms with Gasteiger partial charge in [-0.25, -0.2) is 0 Å². The second-order valence-corrected chi connectivity index (χ2v) is 5.23. The highest BCUT2D eigenvalue weighted by atomic mass is 16.5. The van der Waals surface area contributed by atoms with Gasteiger partial charge in [0.1, 0.15) is 29.6 Å². The summed E-state index contributed by atoms with van der Waals surface area (Å²) in [6.07, 6.45) is 0. The number of methoxy groups -OCH3 is 1. The summed E-state index contributed by atoms with van der Waals surface area (Å²) in [7, 11) is 1.64. The van der Waals surface area contributed by atoms with Gasteiger partial charge in [-0.2, -0.15) is 0 Å². The Kier molecular flexibility index (Phi) is 5.22. The fraction of sp³-hybridized carbons (Fsp3) is 0.438. The molecule has 0 amide bonds. The third-order valence-corrected chi connectivity index (χ3v) is 3.03. The van der Waals surface area contributed by atoms with Gasteiger partial charge in [0.25, 0.3) is 0 Å². The Hall–Kier alpha value is -2.01. The molecule has 0 aliphatic rings. The molecule has 21 heavy (non-hydrogen) atoms. The van der Waals surface area contributed by atoms with Crippen LogP contribution in [0.4, 0.5) is 0 Å². The molecule has 1 aromatic carbocycles. The van der Waals surface area contributed by atoms with Gasteiger partial charge in [-0.15, -0.1) is 0 Å². The largest absolute Gasteiger partial charge is 0.497 e. The first kappa shape index (κ1) is 15.4. The van der Waals surface area contributed by atoms with Crippen molar-refractivity contribution in [1.29, 1.82) is 0 Å². The van der Waals surface area contributed by atoms with Gasteiger partial charge in [0, 0.05) is 30.3 Å². The average molecular weight is 290 g/mol. The molecule has 0 bridgehead atoms. The van der Waals surface area contributed by atoms with Crippen LogP contribution >= 0.6 is 0 Å². The Morgan fingerprint density at radius 3 is 2.71 bits per heavy atom.